The lowest BCUT2D eigenvalue weighted by molar-refractivity contribution is -0.110. The SMILES string of the molecule is O=CC(c1cccc(Br)c1)C1CCNCC1. The highest BCUT2D eigenvalue weighted by Gasteiger charge is 2.24. The van der Waals surface area contributed by atoms with Crippen LogP contribution in [0.3, 0.4) is 0 Å². The summed E-state index contributed by atoms with van der Waals surface area (Å²) >= 11 is 3.46. The first-order chi connectivity index (χ1) is 7.81. The summed E-state index contributed by atoms with van der Waals surface area (Å²) in [4.78, 5) is 11.3. The van der Waals surface area contributed by atoms with Crippen LogP contribution >= 0.6 is 15.9 Å². The lowest BCUT2D eigenvalue weighted by atomic mass is 9.81. The van der Waals surface area contributed by atoms with E-state index in [0.29, 0.717) is 5.92 Å². The molecule has 1 unspecified atom stereocenters. The van der Waals surface area contributed by atoms with Crippen molar-refractivity contribution in [3.8, 4) is 0 Å². The number of halogens is 1. The second-order valence-corrected chi connectivity index (χ2v) is 5.22. The molecule has 0 aliphatic carbocycles. The van der Waals surface area contributed by atoms with Gasteiger partial charge in [0.25, 0.3) is 0 Å². The fourth-order valence-electron chi connectivity index (χ4n) is 2.38. The van der Waals surface area contributed by atoms with E-state index in [-0.39, 0.29) is 5.92 Å². The van der Waals surface area contributed by atoms with E-state index >= 15 is 0 Å². The molecule has 0 radical (unpaired) electrons. The van der Waals surface area contributed by atoms with Crippen LogP contribution in [-0.2, 0) is 4.79 Å². The van der Waals surface area contributed by atoms with E-state index in [1.165, 1.54) is 0 Å². The molecule has 2 rings (SSSR count). The van der Waals surface area contributed by atoms with Crippen molar-refractivity contribution in [2.24, 2.45) is 5.92 Å². The molecule has 1 fully saturated rings. The molecule has 0 spiro atoms. The number of hydrogen-bond donors (Lipinski definition) is 1. The zero-order valence-corrected chi connectivity index (χ0v) is 10.7. The van der Waals surface area contributed by atoms with Crippen LogP contribution in [0.4, 0.5) is 0 Å². The standard InChI is InChI=1S/C13H16BrNO/c14-12-3-1-2-11(8-12)13(9-16)10-4-6-15-7-5-10/h1-3,8-10,13,15H,4-7H2. The van der Waals surface area contributed by atoms with Gasteiger partial charge in [0.1, 0.15) is 6.29 Å². The maximum absolute atomic E-state index is 11.3. The predicted molar refractivity (Wildman–Crippen MR) is 68.5 cm³/mol. The first-order valence-corrected chi connectivity index (χ1v) is 6.52. The van der Waals surface area contributed by atoms with Crippen LogP contribution in [0.1, 0.15) is 24.3 Å². The van der Waals surface area contributed by atoms with E-state index in [1.807, 2.05) is 18.2 Å². The largest absolute Gasteiger partial charge is 0.317 e. The summed E-state index contributed by atoms with van der Waals surface area (Å²) in [6.07, 6.45) is 3.30. The molecule has 1 heterocycles. The van der Waals surface area contributed by atoms with Crippen LogP contribution in [0, 0.1) is 5.92 Å². The van der Waals surface area contributed by atoms with Gasteiger partial charge in [-0.1, -0.05) is 28.1 Å². The van der Waals surface area contributed by atoms with Gasteiger partial charge in [0.15, 0.2) is 0 Å². The highest BCUT2D eigenvalue weighted by molar-refractivity contribution is 9.10. The smallest absolute Gasteiger partial charge is 0.127 e. The van der Waals surface area contributed by atoms with Crippen LogP contribution in [-0.4, -0.2) is 19.4 Å². The Balaban J connectivity index is 2.17. The van der Waals surface area contributed by atoms with Gasteiger partial charge in [-0.25, -0.2) is 0 Å². The fraction of sp³-hybridized carbons (Fsp3) is 0.462. The Morgan fingerprint density at radius 2 is 2.12 bits per heavy atom. The lowest BCUT2D eigenvalue weighted by Gasteiger charge is -2.27. The van der Waals surface area contributed by atoms with Crippen LogP contribution < -0.4 is 5.32 Å². The number of carbonyl (C=O) groups excluding carboxylic acids is 1. The van der Waals surface area contributed by atoms with Gasteiger partial charge in [-0.2, -0.15) is 0 Å². The third kappa shape index (κ3) is 2.71. The molecule has 0 saturated carbocycles. The number of piperidine rings is 1. The van der Waals surface area contributed by atoms with E-state index in [0.717, 1.165) is 42.3 Å². The Kier molecular flexibility index (Phi) is 4.13. The molecule has 0 bridgehead atoms. The number of rotatable bonds is 3. The minimum absolute atomic E-state index is 0.0552. The molecule has 1 aliphatic heterocycles. The molecule has 1 atom stereocenters. The second-order valence-electron chi connectivity index (χ2n) is 4.30. The number of carbonyl (C=O) groups is 1. The van der Waals surface area contributed by atoms with Gasteiger partial charge in [0.2, 0.25) is 0 Å². The molecule has 0 amide bonds. The van der Waals surface area contributed by atoms with Gasteiger partial charge < -0.3 is 10.1 Å². The monoisotopic (exact) mass is 281 g/mol. The Morgan fingerprint density at radius 3 is 2.75 bits per heavy atom. The Hall–Kier alpha value is -0.670. The zero-order chi connectivity index (χ0) is 11.4. The van der Waals surface area contributed by atoms with Crippen LogP contribution in [0.5, 0.6) is 0 Å². The van der Waals surface area contributed by atoms with Crippen molar-refractivity contribution < 1.29 is 4.79 Å². The van der Waals surface area contributed by atoms with Crippen molar-refractivity contribution in [2.45, 2.75) is 18.8 Å². The number of benzene rings is 1. The summed E-state index contributed by atoms with van der Waals surface area (Å²) in [5.41, 5.74) is 1.14. The quantitative estimate of drug-likeness (QED) is 0.864. The summed E-state index contributed by atoms with van der Waals surface area (Å²) in [5.74, 6) is 0.549. The van der Waals surface area contributed by atoms with E-state index in [9.17, 15) is 4.79 Å². The van der Waals surface area contributed by atoms with Gasteiger partial charge in [0, 0.05) is 10.4 Å². The average Bonchev–Trinajstić information content (AvgIpc) is 2.31. The average molecular weight is 282 g/mol. The van der Waals surface area contributed by atoms with Crippen molar-refractivity contribution >= 4 is 22.2 Å². The highest BCUT2D eigenvalue weighted by atomic mass is 79.9. The van der Waals surface area contributed by atoms with Crippen molar-refractivity contribution in [1.82, 2.24) is 5.32 Å². The summed E-state index contributed by atoms with van der Waals surface area (Å²) < 4.78 is 1.05. The molecular weight excluding hydrogens is 266 g/mol. The summed E-state index contributed by atoms with van der Waals surface area (Å²) in [7, 11) is 0. The van der Waals surface area contributed by atoms with E-state index in [2.05, 4.69) is 27.3 Å². The predicted octanol–water partition coefficient (Wildman–Crippen LogP) is 2.73. The maximum Gasteiger partial charge on any atom is 0.127 e. The van der Waals surface area contributed by atoms with Gasteiger partial charge >= 0.3 is 0 Å². The second kappa shape index (κ2) is 5.60. The molecule has 0 aromatic heterocycles. The number of aldehydes is 1. The molecule has 1 aliphatic rings. The van der Waals surface area contributed by atoms with E-state index in [1.54, 1.807) is 0 Å². The van der Waals surface area contributed by atoms with Crippen molar-refractivity contribution in [3.63, 3.8) is 0 Å². The van der Waals surface area contributed by atoms with Crippen molar-refractivity contribution in [2.75, 3.05) is 13.1 Å². The molecule has 1 saturated heterocycles. The lowest BCUT2D eigenvalue weighted by Crippen LogP contribution is -2.31. The Morgan fingerprint density at radius 1 is 1.38 bits per heavy atom. The minimum atomic E-state index is 0.0552. The molecular formula is C13H16BrNO. The molecule has 3 heteroatoms. The Labute approximate surface area is 105 Å². The van der Waals surface area contributed by atoms with Gasteiger partial charge in [-0.05, 0) is 49.5 Å². The summed E-state index contributed by atoms with van der Waals surface area (Å²) in [6.45, 7) is 2.06. The number of hydrogen-bond acceptors (Lipinski definition) is 2. The molecule has 16 heavy (non-hydrogen) atoms. The minimum Gasteiger partial charge on any atom is -0.317 e. The van der Waals surface area contributed by atoms with Crippen molar-refractivity contribution in [1.29, 1.82) is 0 Å². The number of nitrogens with one attached hydrogen (secondary N) is 1. The van der Waals surface area contributed by atoms with E-state index < -0.39 is 0 Å². The highest BCUT2D eigenvalue weighted by Crippen LogP contribution is 2.30. The first-order valence-electron chi connectivity index (χ1n) is 5.72. The Bertz CT molecular complexity index is 361. The van der Waals surface area contributed by atoms with Crippen LogP contribution in [0.25, 0.3) is 0 Å². The third-order valence-corrected chi connectivity index (χ3v) is 3.77. The topological polar surface area (TPSA) is 29.1 Å². The normalized spacial score (nSPS) is 19.3. The maximum atomic E-state index is 11.3. The summed E-state index contributed by atoms with van der Waals surface area (Å²) in [6, 6.07) is 8.09. The molecule has 86 valence electrons. The summed E-state index contributed by atoms with van der Waals surface area (Å²) in [5, 5.41) is 3.33. The molecule has 1 aromatic carbocycles. The van der Waals surface area contributed by atoms with Gasteiger partial charge in [-0.3, -0.25) is 0 Å². The molecule has 1 aromatic rings. The fourth-order valence-corrected chi connectivity index (χ4v) is 2.80. The third-order valence-electron chi connectivity index (χ3n) is 3.27. The zero-order valence-electron chi connectivity index (χ0n) is 9.16. The van der Waals surface area contributed by atoms with E-state index in [4.69, 9.17) is 0 Å². The molecule has 1 N–H and O–H groups in total. The molecule has 2 nitrogen and oxygen atoms in total. The van der Waals surface area contributed by atoms with Gasteiger partial charge in [0.05, 0.1) is 0 Å². The van der Waals surface area contributed by atoms with Gasteiger partial charge in [-0.15, -0.1) is 0 Å². The first kappa shape index (κ1) is 11.8. The van der Waals surface area contributed by atoms with Crippen molar-refractivity contribution in [3.05, 3.63) is 34.3 Å². The van der Waals surface area contributed by atoms with Crippen LogP contribution in [0.15, 0.2) is 28.7 Å². The van der Waals surface area contributed by atoms with Crippen LogP contribution in [0.2, 0.25) is 0 Å².